The third-order valence-corrected chi connectivity index (χ3v) is 5.18. The molecule has 1 saturated carbocycles. The van der Waals surface area contributed by atoms with Gasteiger partial charge in [0.2, 0.25) is 5.91 Å². The van der Waals surface area contributed by atoms with Gasteiger partial charge in [-0.15, -0.1) is 11.3 Å². The fourth-order valence-corrected chi connectivity index (χ4v) is 4.17. The third kappa shape index (κ3) is 2.31. The highest BCUT2D eigenvalue weighted by Gasteiger charge is 2.51. The number of thiophene rings is 1. The molecule has 1 fully saturated rings. The molecule has 1 aromatic heterocycles. The minimum Gasteiger partial charge on any atom is -0.481 e. The number of allylic oxidation sites excluding steroid dienone is 2. The van der Waals surface area contributed by atoms with E-state index in [9.17, 15) is 19.5 Å². The molecule has 0 radical (unpaired) electrons. The Hall–Kier alpha value is -2.15. The number of amides is 1. The van der Waals surface area contributed by atoms with Crippen LogP contribution in [-0.2, 0) is 14.3 Å². The number of carboxylic acid groups (broad SMARTS) is 1. The van der Waals surface area contributed by atoms with Crippen LogP contribution in [0.15, 0.2) is 23.6 Å². The summed E-state index contributed by atoms with van der Waals surface area (Å²) in [6.45, 7) is 0. The molecule has 2 aliphatic carbocycles. The summed E-state index contributed by atoms with van der Waals surface area (Å²) in [6.07, 6.45) is 4.51. The van der Waals surface area contributed by atoms with E-state index >= 15 is 0 Å². The molecular formula is C15H15NO5S. The number of carbonyl (C=O) groups excluding carboxylic acids is 2. The molecule has 1 aromatic rings. The van der Waals surface area contributed by atoms with E-state index in [-0.39, 0.29) is 23.3 Å². The van der Waals surface area contributed by atoms with Gasteiger partial charge in [0, 0.05) is 0 Å². The molecule has 2 bridgehead atoms. The van der Waals surface area contributed by atoms with E-state index in [1.54, 1.807) is 11.4 Å². The number of rotatable bonds is 4. The number of carboxylic acids is 1. The van der Waals surface area contributed by atoms with Gasteiger partial charge in [-0.3, -0.25) is 9.59 Å². The summed E-state index contributed by atoms with van der Waals surface area (Å²) in [5.41, 5.74) is 0.284. The predicted octanol–water partition coefficient (Wildman–Crippen LogP) is 2.00. The summed E-state index contributed by atoms with van der Waals surface area (Å²) in [7, 11) is 1.27. The van der Waals surface area contributed by atoms with Crippen LogP contribution in [0, 0.1) is 23.7 Å². The van der Waals surface area contributed by atoms with Gasteiger partial charge in [-0.1, -0.05) is 12.2 Å². The Morgan fingerprint density at radius 1 is 1.27 bits per heavy atom. The second kappa shape index (κ2) is 5.57. The molecule has 0 aromatic carbocycles. The Morgan fingerprint density at radius 3 is 2.59 bits per heavy atom. The van der Waals surface area contributed by atoms with Crippen LogP contribution < -0.4 is 5.32 Å². The van der Waals surface area contributed by atoms with E-state index in [0.29, 0.717) is 11.4 Å². The Labute approximate surface area is 130 Å². The lowest BCUT2D eigenvalue weighted by molar-refractivity contribution is -0.146. The monoisotopic (exact) mass is 321 g/mol. The number of aliphatic carboxylic acids is 1. The van der Waals surface area contributed by atoms with E-state index in [0.717, 1.165) is 0 Å². The van der Waals surface area contributed by atoms with Crippen molar-refractivity contribution in [1.29, 1.82) is 0 Å². The maximum Gasteiger partial charge on any atom is 0.340 e. The summed E-state index contributed by atoms with van der Waals surface area (Å²) in [5.74, 6) is -3.25. The number of carbonyl (C=O) groups is 3. The van der Waals surface area contributed by atoms with Crippen LogP contribution in [-0.4, -0.2) is 30.1 Å². The number of ether oxygens (including phenoxy) is 1. The number of fused-ring (bicyclic) bond motifs is 2. The molecule has 3 rings (SSSR count). The van der Waals surface area contributed by atoms with Crippen molar-refractivity contribution in [2.75, 3.05) is 12.4 Å². The van der Waals surface area contributed by atoms with Crippen molar-refractivity contribution in [3.8, 4) is 0 Å². The Bertz CT molecular complexity index is 665. The standard InChI is InChI=1S/C15H15NO5S/c1-21-15(20)9-4-5-22-13(9)16-12(17)10-7-2-3-8(6-7)11(10)14(18)19/h2-5,7-8,10-11H,6H2,1H3,(H,16,17)(H,18,19)/t7-,8-,10-,11+/m0/s1. The Kier molecular flexibility index (Phi) is 3.74. The van der Waals surface area contributed by atoms with Crippen LogP contribution >= 0.6 is 11.3 Å². The maximum absolute atomic E-state index is 12.5. The first kappa shape index (κ1) is 14.8. The van der Waals surface area contributed by atoms with Crippen molar-refractivity contribution in [2.24, 2.45) is 23.7 Å². The molecule has 2 N–H and O–H groups in total. The van der Waals surface area contributed by atoms with Gasteiger partial charge in [-0.25, -0.2) is 4.79 Å². The maximum atomic E-state index is 12.5. The molecular weight excluding hydrogens is 306 g/mol. The zero-order chi connectivity index (χ0) is 15.9. The Morgan fingerprint density at radius 2 is 1.95 bits per heavy atom. The number of esters is 1. The van der Waals surface area contributed by atoms with Crippen molar-refractivity contribution in [3.05, 3.63) is 29.2 Å². The van der Waals surface area contributed by atoms with Gasteiger partial charge in [-0.05, 0) is 29.7 Å². The van der Waals surface area contributed by atoms with E-state index in [2.05, 4.69) is 10.1 Å². The third-order valence-electron chi connectivity index (χ3n) is 4.35. The highest BCUT2D eigenvalue weighted by molar-refractivity contribution is 7.14. The number of hydrogen-bond donors (Lipinski definition) is 2. The molecule has 116 valence electrons. The molecule has 0 spiro atoms. The lowest BCUT2D eigenvalue weighted by atomic mass is 9.82. The van der Waals surface area contributed by atoms with Crippen LogP contribution in [0.4, 0.5) is 5.00 Å². The molecule has 6 nitrogen and oxygen atoms in total. The second-order valence-electron chi connectivity index (χ2n) is 5.48. The zero-order valence-corrected chi connectivity index (χ0v) is 12.6. The quantitative estimate of drug-likeness (QED) is 0.653. The van der Waals surface area contributed by atoms with Gasteiger partial charge in [-0.2, -0.15) is 0 Å². The highest BCUT2D eigenvalue weighted by Crippen LogP contribution is 2.48. The van der Waals surface area contributed by atoms with E-state index < -0.39 is 23.8 Å². The zero-order valence-electron chi connectivity index (χ0n) is 11.8. The normalized spacial score (nSPS) is 28.6. The SMILES string of the molecule is COC(=O)c1ccsc1NC(=O)[C@@H]1[C@H](C(=O)O)[C@H]2C=C[C@H]1C2. The van der Waals surface area contributed by atoms with Gasteiger partial charge < -0.3 is 15.2 Å². The summed E-state index contributed by atoms with van der Waals surface area (Å²) in [6, 6.07) is 1.57. The molecule has 1 amide bonds. The van der Waals surface area contributed by atoms with E-state index in [1.807, 2.05) is 12.2 Å². The Balaban J connectivity index is 1.80. The van der Waals surface area contributed by atoms with E-state index in [4.69, 9.17) is 0 Å². The first-order chi connectivity index (χ1) is 10.5. The molecule has 7 heteroatoms. The van der Waals surface area contributed by atoms with Crippen molar-refractivity contribution in [1.82, 2.24) is 0 Å². The summed E-state index contributed by atoms with van der Waals surface area (Å²) >= 11 is 1.21. The van der Waals surface area contributed by atoms with Crippen LogP contribution in [0.5, 0.6) is 0 Å². The minimum absolute atomic E-state index is 0.0485. The second-order valence-corrected chi connectivity index (χ2v) is 6.40. The van der Waals surface area contributed by atoms with Gasteiger partial charge in [0.1, 0.15) is 5.00 Å². The number of anilines is 1. The molecule has 22 heavy (non-hydrogen) atoms. The van der Waals surface area contributed by atoms with Gasteiger partial charge >= 0.3 is 11.9 Å². The van der Waals surface area contributed by atoms with Crippen LogP contribution in [0.3, 0.4) is 0 Å². The first-order valence-corrected chi connectivity index (χ1v) is 7.78. The summed E-state index contributed by atoms with van der Waals surface area (Å²) in [4.78, 5) is 35.6. The van der Waals surface area contributed by atoms with Crippen LogP contribution in [0.2, 0.25) is 0 Å². The lowest BCUT2D eigenvalue weighted by Crippen LogP contribution is -2.36. The fourth-order valence-electron chi connectivity index (χ4n) is 3.39. The van der Waals surface area contributed by atoms with Gasteiger partial charge in [0.05, 0.1) is 24.5 Å². The topological polar surface area (TPSA) is 92.7 Å². The van der Waals surface area contributed by atoms with Crippen molar-refractivity contribution in [3.63, 3.8) is 0 Å². The van der Waals surface area contributed by atoms with Crippen molar-refractivity contribution >= 4 is 34.2 Å². The summed E-state index contributed by atoms with van der Waals surface area (Å²) in [5, 5.41) is 14.1. The average molecular weight is 321 g/mol. The van der Waals surface area contributed by atoms with E-state index in [1.165, 1.54) is 18.4 Å². The molecule has 0 aliphatic heterocycles. The van der Waals surface area contributed by atoms with Crippen molar-refractivity contribution < 1.29 is 24.2 Å². The molecule has 2 aliphatic rings. The molecule has 1 heterocycles. The molecule has 0 unspecified atom stereocenters. The van der Waals surface area contributed by atoms with Crippen LogP contribution in [0.1, 0.15) is 16.8 Å². The van der Waals surface area contributed by atoms with Crippen LogP contribution in [0.25, 0.3) is 0 Å². The smallest absolute Gasteiger partial charge is 0.340 e. The largest absolute Gasteiger partial charge is 0.481 e. The minimum atomic E-state index is -0.948. The van der Waals surface area contributed by atoms with Crippen molar-refractivity contribution in [2.45, 2.75) is 6.42 Å². The lowest BCUT2D eigenvalue weighted by Gasteiger charge is -2.23. The fraction of sp³-hybridized carbons (Fsp3) is 0.400. The summed E-state index contributed by atoms with van der Waals surface area (Å²) < 4.78 is 4.66. The van der Waals surface area contributed by atoms with Gasteiger partial charge in [0.15, 0.2) is 0 Å². The molecule has 4 atom stereocenters. The predicted molar refractivity (Wildman–Crippen MR) is 79.6 cm³/mol. The number of nitrogens with one attached hydrogen (secondary N) is 1. The average Bonchev–Trinajstić information content (AvgIpc) is 3.20. The molecule has 0 saturated heterocycles. The van der Waals surface area contributed by atoms with Gasteiger partial charge in [0.25, 0.3) is 0 Å². The highest BCUT2D eigenvalue weighted by atomic mass is 32.1. The first-order valence-electron chi connectivity index (χ1n) is 6.90. The number of hydrogen-bond acceptors (Lipinski definition) is 5. The number of methoxy groups -OCH3 is 1.